The number of likely N-dealkylation sites (N-methyl/N-ethyl adjacent to an activating group) is 2. The van der Waals surface area contributed by atoms with Crippen molar-refractivity contribution in [1.29, 1.82) is 0 Å². The number of rotatable bonds is 26. The highest BCUT2D eigenvalue weighted by atomic mass is 32.2. The van der Waals surface area contributed by atoms with E-state index in [1.54, 1.807) is 0 Å². The Bertz CT molecular complexity index is 5800. The summed E-state index contributed by atoms with van der Waals surface area (Å²) in [4.78, 5) is 65.5. The standard InChI is InChI=1S/C37H40F4N4O2S.C36H38F4N4O2S/c1-4-43(5-2)19-20-44(22-26-9-13-28(14-10-26)29-15-18-32(25(3)21-29)37(39,40)41)34(46)23-45-33-8-6-7-31(33)35(47)42-36(45)48-24-27-11-16-30(38)17-12-27;1-3-42(4-2)20-21-43(22-25-8-12-27(13-9-25)28-14-16-29(17-15-28)36(38,39)40)33(45)23-44-32-7-5-6-31(32)34(46)41-35(44)47-24-26-10-18-30(37)19-11-26/h9-18,21H,4-8,19-20,22-24H2,1-3H3;8-19H,3-7,20-24H2,1-2H3/i4D2,5D2,6D2,7D2,8D2,9D,10D,11D,12D,13D,14D,15D,16D,17D,18D,19D2,20D2,21D,22D2,23D2;22D2,23D2,24D2. The van der Waals surface area contributed by atoms with Gasteiger partial charge in [0.05, 0.1) is 39.9 Å². The number of carbonyl (C=O) groups is 2. The lowest BCUT2D eigenvalue weighted by Gasteiger charge is -2.28. The lowest BCUT2D eigenvalue weighted by molar-refractivity contribution is -0.138. The molecule has 95 heavy (non-hydrogen) atoms. The van der Waals surface area contributed by atoms with Crippen molar-refractivity contribution < 1.29 is 92.7 Å². The van der Waals surface area contributed by atoms with Gasteiger partial charge in [0.2, 0.25) is 11.8 Å². The minimum Gasteiger partial charge on any atom is -0.336 e. The fourth-order valence-corrected chi connectivity index (χ4v) is 10.5. The van der Waals surface area contributed by atoms with Gasteiger partial charge in [0.1, 0.15) is 24.6 Å². The van der Waals surface area contributed by atoms with Gasteiger partial charge in [-0.2, -0.15) is 36.3 Å². The number of fused-ring (bicyclic) bond motifs is 2. The second-order valence-electron chi connectivity index (χ2n) is 20.0. The van der Waals surface area contributed by atoms with Gasteiger partial charge in [-0.05, 0) is 164 Å². The van der Waals surface area contributed by atoms with E-state index in [0.29, 0.717) is 63.2 Å². The van der Waals surface area contributed by atoms with Crippen LogP contribution in [0.25, 0.3) is 22.3 Å². The van der Waals surface area contributed by atoms with Gasteiger partial charge in [-0.15, -0.1) is 0 Å². The molecule has 0 radical (unpaired) electrons. The molecule has 0 N–H and O–H groups in total. The topological polar surface area (TPSA) is 117 Å². The van der Waals surface area contributed by atoms with E-state index in [4.69, 9.17) is 34.3 Å². The predicted octanol–water partition coefficient (Wildman–Crippen LogP) is 14.7. The van der Waals surface area contributed by atoms with Crippen molar-refractivity contribution in [2.45, 2.75) is 133 Å². The van der Waals surface area contributed by atoms with Gasteiger partial charge >= 0.3 is 12.4 Å². The second kappa shape index (κ2) is 32.7. The minimum atomic E-state index is -5.38. The number of hydrogen-bond acceptors (Lipinski definition) is 10. The van der Waals surface area contributed by atoms with E-state index >= 15 is 4.79 Å². The Hall–Kier alpha value is -7.92. The summed E-state index contributed by atoms with van der Waals surface area (Å²) in [5.41, 5.74) is -16.2. The zero-order chi connectivity index (χ0) is 99.1. The zero-order valence-corrected chi connectivity index (χ0v) is 52.3. The van der Waals surface area contributed by atoms with Gasteiger partial charge in [0, 0.05) is 92.2 Å². The Labute approximate surface area is 606 Å². The molecule has 2 heterocycles. The normalized spacial score (nSPS) is 21.1. The van der Waals surface area contributed by atoms with Gasteiger partial charge < -0.3 is 28.7 Å². The van der Waals surface area contributed by atoms with Gasteiger partial charge in [0.15, 0.2) is 10.3 Å². The molecule has 2 amide bonds. The Morgan fingerprint density at radius 3 is 1.77 bits per heavy atom. The largest absolute Gasteiger partial charge is 0.416 e. The Kier molecular flexibility index (Phi) is 13.1. The highest BCUT2D eigenvalue weighted by molar-refractivity contribution is 7.98. The predicted molar refractivity (Wildman–Crippen MR) is 358 cm³/mol. The van der Waals surface area contributed by atoms with Crippen molar-refractivity contribution >= 4 is 35.3 Å². The summed E-state index contributed by atoms with van der Waals surface area (Å²) in [6.07, 6.45) is -21.0. The van der Waals surface area contributed by atoms with Crippen LogP contribution in [0.5, 0.6) is 0 Å². The molecule has 8 aromatic rings. The van der Waals surface area contributed by atoms with Crippen molar-refractivity contribution in [2.75, 3.05) is 52.2 Å². The average molecular weight is 1380 g/mol. The first-order valence-corrected chi connectivity index (χ1v) is 30.3. The maximum atomic E-state index is 15.6. The van der Waals surface area contributed by atoms with Crippen molar-refractivity contribution in [1.82, 2.24) is 38.7 Å². The summed E-state index contributed by atoms with van der Waals surface area (Å²) >= 11 is 0.234. The molecule has 0 aliphatic heterocycles. The fraction of sp³-hybridized carbons (Fsp3) is 0.370. The summed E-state index contributed by atoms with van der Waals surface area (Å²) < 4.78 is 417. The van der Waals surface area contributed by atoms with Crippen molar-refractivity contribution in [2.24, 2.45) is 0 Å². The third-order valence-corrected chi connectivity index (χ3v) is 15.6. The van der Waals surface area contributed by atoms with Gasteiger partial charge in [-0.25, -0.2) is 8.78 Å². The van der Waals surface area contributed by atoms with Crippen LogP contribution >= 0.6 is 23.5 Å². The molecule has 2 aliphatic rings. The zero-order valence-electron chi connectivity index (χ0n) is 85.6. The SMILES string of the molecule is [2H]C([2H])(Sc1nc(=O)c2c(n1C([2H])([2H])C(=O)N(CCN(CC)CC)C([2H])([2H])c1ccc(-c3ccc(C(F)(F)F)cc3)cc1)CCC2)c1ccc(F)cc1.[2H]c1c([2H])c(CSc2nc(=O)c3c(n2C([2H])([2H])C(=O)N(C([2H])([2H])c2c([2H])c([2H])c(-c4c([2H])c([2H])c(C(F)(F)F)c(C)c4[2H])c([2H])c2[2H])C([2H])([2H])C([2H])([2H])N(C([2H])([2H])C)C([2H])([2H])C)C([2H])([2H])C([2H])([2H])C3([2H])[2H])c([2H])c([2H])c1F. The molecular formula is C73H78F8N8O4S2. The smallest absolute Gasteiger partial charge is 0.336 e. The maximum Gasteiger partial charge on any atom is 0.416 e. The molecule has 0 unspecified atom stereocenters. The van der Waals surface area contributed by atoms with E-state index < -0.39 is 271 Å². The summed E-state index contributed by atoms with van der Waals surface area (Å²) in [6, 6.07) is -1.42. The highest BCUT2D eigenvalue weighted by Gasteiger charge is 2.33. The van der Waals surface area contributed by atoms with Crippen LogP contribution in [-0.4, -0.2) is 103 Å². The van der Waals surface area contributed by atoms with E-state index in [-0.39, 0.29) is 60.1 Å². The molecule has 2 aliphatic carbocycles. The van der Waals surface area contributed by atoms with E-state index in [0.717, 1.165) is 33.7 Å². The molecule has 0 atom stereocenters. The van der Waals surface area contributed by atoms with Gasteiger partial charge in [-0.3, -0.25) is 19.2 Å². The molecule has 502 valence electrons. The third-order valence-electron chi connectivity index (χ3n) is 13.8. The van der Waals surface area contributed by atoms with Gasteiger partial charge in [0.25, 0.3) is 11.1 Å². The molecule has 0 fully saturated rings. The Morgan fingerprint density at radius 2 is 1.15 bits per heavy atom. The first-order valence-electron chi connectivity index (χ1n) is 46.0. The summed E-state index contributed by atoms with van der Waals surface area (Å²) in [7, 11) is 0. The van der Waals surface area contributed by atoms with Crippen LogP contribution < -0.4 is 11.1 Å². The average Bonchev–Trinajstić information content (AvgIpc) is 1.50. The molecular weight excluding hydrogens is 1270 g/mol. The molecule has 12 nitrogen and oxygen atoms in total. The number of amides is 2. The molecule has 2 aromatic heterocycles. The van der Waals surface area contributed by atoms with Crippen LogP contribution in [0.15, 0.2) is 159 Å². The second-order valence-corrected chi connectivity index (χ2v) is 21.7. The molecule has 0 bridgehead atoms. The first-order chi connectivity index (χ1) is 59.0. The highest BCUT2D eigenvalue weighted by Crippen LogP contribution is 2.36. The van der Waals surface area contributed by atoms with Crippen LogP contribution in [0.1, 0.15) is 150 Å². The molecule has 6 aromatic carbocycles. The number of carbonyl (C=O) groups excluding carboxylic acids is 2. The monoisotopic (exact) mass is 1380 g/mol. The molecule has 22 heteroatoms. The Balaban J connectivity index is 0.000000313. The Morgan fingerprint density at radius 1 is 0.579 bits per heavy atom. The number of hydrogen-bond donors (Lipinski definition) is 0. The number of thioether (sulfide) groups is 2. The maximum absolute atomic E-state index is 15.6. The summed E-state index contributed by atoms with van der Waals surface area (Å²) in [6.45, 7) is -25.4. The molecule has 0 spiro atoms. The fourth-order valence-electron chi connectivity index (χ4n) is 8.95. The van der Waals surface area contributed by atoms with Crippen LogP contribution in [0.3, 0.4) is 0 Å². The lowest BCUT2D eigenvalue weighted by atomic mass is 9.98. The van der Waals surface area contributed by atoms with E-state index in [9.17, 15) is 63.2 Å². The van der Waals surface area contributed by atoms with E-state index in [1.807, 2.05) is 18.7 Å². The van der Waals surface area contributed by atoms with E-state index in [1.165, 1.54) is 48.5 Å². The van der Waals surface area contributed by atoms with Crippen LogP contribution in [0, 0.1) is 18.6 Å². The molecule has 10 rings (SSSR count). The number of alkyl halides is 6. The van der Waals surface area contributed by atoms with Crippen molar-refractivity contribution in [3.63, 3.8) is 0 Å². The minimum absolute atomic E-state index is 0.00834. The number of halogens is 8. The molecule has 0 saturated heterocycles. The van der Waals surface area contributed by atoms with Crippen molar-refractivity contribution in [3.8, 4) is 22.3 Å². The van der Waals surface area contributed by atoms with Crippen molar-refractivity contribution in [3.05, 3.63) is 233 Å². The van der Waals surface area contributed by atoms with Crippen LogP contribution in [-0.2, 0) is 85.0 Å². The van der Waals surface area contributed by atoms with Crippen LogP contribution in [0.4, 0.5) is 35.1 Å². The van der Waals surface area contributed by atoms with Gasteiger partial charge in [-0.1, -0.05) is 148 Å². The lowest BCUT2D eigenvalue weighted by Crippen LogP contribution is -2.40. The quantitative estimate of drug-likeness (QED) is 0.0295. The number of benzene rings is 6. The number of aromatic nitrogens is 4. The molecule has 0 saturated carbocycles. The summed E-state index contributed by atoms with van der Waals surface area (Å²) in [5.74, 6) is -7.69. The van der Waals surface area contributed by atoms with E-state index in [2.05, 4.69) is 9.97 Å². The van der Waals surface area contributed by atoms with Crippen LogP contribution in [0.2, 0.25) is 0 Å². The summed E-state index contributed by atoms with van der Waals surface area (Å²) in [5, 5.41) is -1.90. The number of nitrogens with zero attached hydrogens (tertiary/aromatic N) is 8. The first kappa shape index (κ1) is 38.1. The third kappa shape index (κ3) is 19.0.